The molecule has 28 heavy (non-hydrogen) atoms. The molecular formula is C24H24FN3. The number of allylic oxidation sites excluding steroid dienone is 1. The molecular weight excluding hydrogens is 349 g/mol. The summed E-state index contributed by atoms with van der Waals surface area (Å²) < 4.78 is 13.3. The maximum atomic E-state index is 13.3. The molecule has 1 aliphatic heterocycles. The number of hydrogen-bond acceptors (Lipinski definition) is 3. The number of anilines is 1. The summed E-state index contributed by atoms with van der Waals surface area (Å²) in [6, 6.07) is 14.9. The van der Waals surface area contributed by atoms with Gasteiger partial charge < -0.3 is 4.90 Å². The fraction of sp³-hybridized carbons (Fsp3) is 0.250. The van der Waals surface area contributed by atoms with Gasteiger partial charge in [0.05, 0.1) is 6.04 Å². The van der Waals surface area contributed by atoms with Crippen LogP contribution in [0.4, 0.5) is 10.2 Å². The van der Waals surface area contributed by atoms with Crippen LogP contribution in [0.2, 0.25) is 0 Å². The molecule has 1 aromatic heterocycles. The van der Waals surface area contributed by atoms with Gasteiger partial charge in [-0.1, -0.05) is 56.8 Å². The van der Waals surface area contributed by atoms with Gasteiger partial charge in [0.2, 0.25) is 0 Å². The van der Waals surface area contributed by atoms with Crippen LogP contribution in [0.5, 0.6) is 0 Å². The minimum absolute atomic E-state index is 0.0115. The van der Waals surface area contributed by atoms with E-state index in [1.165, 1.54) is 17.7 Å². The van der Waals surface area contributed by atoms with Crippen LogP contribution in [0.15, 0.2) is 67.0 Å². The van der Waals surface area contributed by atoms with Crippen molar-refractivity contribution < 1.29 is 4.39 Å². The Kier molecular flexibility index (Phi) is 4.71. The third-order valence-electron chi connectivity index (χ3n) is 5.37. The van der Waals surface area contributed by atoms with E-state index in [4.69, 9.17) is 4.98 Å². The molecule has 0 aliphatic carbocycles. The van der Waals surface area contributed by atoms with Gasteiger partial charge in [-0.15, -0.1) is 0 Å². The number of aromatic nitrogens is 2. The van der Waals surface area contributed by atoms with Crippen molar-refractivity contribution in [2.24, 2.45) is 0 Å². The van der Waals surface area contributed by atoms with Crippen LogP contribution < -0.4 is 4.90 Å². The summed E-state index contributed by atoms with van der Waals surface area (Å²) in [5.41, 5.74) is 5.38. The second kappa shape index (κ2) is 7.19. The summed E-state index contributed by atoms with van der Waals surface area (Å²) in [7, 11) is 0. The average molecular weight is 373 g/mol. The second-order valence-corrected chi connectivity index (χ2v) is 7.62. The Hall–Kier alpha value is -3.01. The van der Waals surface area contributed by atoms with E-state index < -0.39 is 0 Å². The van der Waals surface area contributed by atoms with E-state index in [0.29, 0.717) is 5.92 Å². The van der Waals surface area contributed by atoms with E-state index in [1.54, 1.807) is 0 Å². The lowest BCUT2D eigenvalue weighted by Crippen LogP contribution is -2.23. The normalized spacial score (nSPS) is 14.5. The molecule has 4 rings (SSSR count). The summed E-state index contributed by atoms with van der Waals surface area (Å²) in [5.74, 6) is 1.78. The first-order chi connectivity index (χ1) is 13.5. The minimum atomic E-state index is -0.230. The molecule has 142 valence electrons. The Morgan fingerprint density at radius 3 is 2.46 bits per heavy atom. The molecule has 0 N–H and O–H groups in total. The van der Waals surface area contributed by atoms with Crippen molar-refractivity contribution >= 4 is 5.82 Å². The summed E-state index contributed by atoms with van der Waals surface area (Å²) in [6.07, 6.45) is 2.64. The Balaban J connectivity index is 1.77. The van der Waals surface area contributed by atoms with Crippen molar-refractivity contribution in [3.8, 4) is 11.4 Å². The van der Waals surface area contributed by atoms with Crippen LogP contribution >= 0.6 is 0 Å². The van der Waals surface area contributed by atoms with Gasteiger partial charge >= 0.3 is 0 Å². The van der Waals surface area contributed by atoms with E-state index in [-0.39, 0.29) is 11.9 Å². The van der Waals surface area contributed by atoms with Crippen LogP contribution in [0, 0.1) is 5.82 Å². The zero-order valence-corrected chi connectivity index (χ0v) is 16.5. The van der Waals surface area contributed by atoms with Crippen LogP contribution in [0.1, 0.15) is 49.4 Å². The lowest BCUT2D eigenvalue weighted by molar-refractivity contribution is 0.625. The van der Waals surface area contributed by atoms with Crippen LogP contribution in [0.25, 0.3) is 11.4 Å². The lowest BCUT2D eigenvalue weighted by Gasteiger charge is -2.28. The zero-order chi connectivity index (χ0) is 19.8. The van der Waals surface area contributed by atoms with Crippen LogP contribution in [-0.2, 0) is 6.42 Å². The SMILES string of the molecule is C=C1Cc2cnc(-c3ccccc3C(C)C)nc2N1[C@H](C)c1ccc(F)cc1. The van der Waals surface area contributed by atoms with Crippen LogP contribution in [0.3, 0.4) is 0 Å². The first-order valence-electron chi connectivity index (χ1n) is 9.63. The van der Waals surface area contributed by atoms with E-state index in [1.807, 2.05) is 24.4 Å². The Morgan fingerprint density at radius 1 is 1.04 bits per heavy atom. The van der Waals surface area contributed by atoms with Crippen molar-refractivity contribution in [1.29, 1.82) is 0 Å². The number of hydrogen-bond donors (Lipinski definition) is 0. The van der Waals surface area contributed by atoms with Crippen LogP contribution in [-0.4, -0.2) is 9.97 Å². The highest BCUT2D eigenvalue weighted by atomic mass is 19.1. The third-order valence-corrected chi connectivity index (χ3v) is 5.37. The predicted octanol–water partition coefficient (Wildman–Crippen LogP) is 6.04. The molecule has 3 nitrogen and oxygen atoms in total. The van der Waals surface area contributed by atoms with E-state index in [9.17, 15) is 4.39 Å². The summed E-state index contributed by atoms with van der Waals surface area (Å²) in [4.78, 5) is 11.7. The maximum absolute atomic E-state index is 13.3. The molecule has 0 amide bonds. The maximum Gasteiger partial charge on any atom is 0.161 e. The van der Waals surface area contributed by atoms with Crippen molar-refractivity contribution in [1.82, 2.24) is 9.97 Å². The van der Waals surface area contributed by atoms with Gasteiger partial charge in [-0.3, -0.25) is 0 Å². The summed E-state index contributed by atoms with van der Waals surface area (Å²) >= 11 is 0. The highest BCUT2D eigenvalue weighted by Crippen LogP contribution is 2.39. The predicted molar refractivity (Wildman–Crippen MR) is 112 cm³/mol. The third kappa shape index (κ3) is 3.19. The lowest BCUT2D eigenvalue weighted by atomic mass is 9.97. The molecule has 2 aromatic carbocycles. The average Bonchev–Trinajstić information content (AvgIpc) is 3.02. The molecule has 0 spiro atoms. The number of benzene rings is 2. The van der Waals surface area contributed by atoms with Gasteiger partial charge in [0.25, 0.3) is 0 Å². The van der Waals surface area contributed by atoms with Gasteiger partial charge in [0, 0.05) is 29.4 Å². The van der Waals surface area contributed by atoms with E-state index in [0.717, 1.165) is 40.5 Å². The van der Waals surface area contributed by atoms with Gasteiger partial charge in [0.15, 0.2) is 5.82 Å². The minimum Gasteiger partial charge on any atom is -0.323 e. The van der Waals surface area contributed by atoms with E-state index in [2.05, 4.69) is 55.4 Å². The molecule has 0 saturated carbocycles. The number of rotatable bonds is 4. The molecule has 0 fully saturated rings. The molecule has 3 aromatic rings. The quantitative estimate of drug-likeness (QED) is 0.558. The Bertz CT molecular complexity index is 1020. The van der Waals surface area contributed by atoms with Gasteiger partial charge in [0.1, 0.15) is 11.6 Å². The number of halogens is 1. The monoisotopic (exact) mass is 373 g/mol. The molecule has 0 saturated heterocycles. The Morgan fingerprint density at radius 2 is 1.75 bits per heavy atom. The fourth-order valence-corrected chi connectivity index (χ4v) is 3.87. The second-order valence-electron chi connectivity index (χ2n) is 7.62. The first kappa shape index (κ1) is 18.4. The number of nitrogens with zero attached hydrogens (tertiary/aromatic N) is 3. The summed E-state index contributed by atoms with van der Waals surface area (Å²) in [5, 5.41) is 0. The van der Waals surface area contributed by atoms with Crippen molar-refractivity contribution in [2.75, 3.05) is 4.90 Å². The topological polar surface area (TPSA) is 29.0 Å². The standard InChI is InChI=1S/C24H24FN3/c1-15(2)21-7-5-6-8-22(21)23-26-14-19-13-16(3)28(24(19)27-23)17(4)18-9-11-20(25)12-10-18/h5-12,14-15,17H,3,13H2,1-2,4H3/t17-/m1/s1. The molecule has 1 aliphatic rings. The van der Waals surface area contributed by atoms with Crippen molar-refractivity contribution in [2.45, 2.75) is 39.2 Å². The zero-order valence-electron chi connectivity index (χ0n) is 16.5. The van der Waals surface area contributed by atoms with E-state index >= 15 is 0 Å². The molecule has 1 atom stereocenters. The summed E-state index contributed by atoms with van der Waals surface area (Å²) in [6.45, 7) is 10.7. The molecule has 0 radical (unpaired) electrons. The van der Waals surface area contributed by atoms with Gasteiger partial charge in [-0.2, -0.15) is 0 Å². The van der Waals surface area contributed by atoms with Gasteiger partial charge in [-0.05, 0) is 36.1 Å². The first-order valence-corrected chi connectivity index (χ1v) is 9.63. The van der Waals surface area contributed by atoms with Gasteiger partial charge in [-0.25, -0.2) is 14.4 Å². The molecule has 4 heteroatoms. The molecule has 0 unspecified atom stereocenters. The highest BCUT2D eigenvalue weighted by molar-refractivity contribution is 5.67. The molecule has 2 heterocycles. The van der Waals surface area contributed by atoms with Crippen molar-refractivity contribution in [3.05, 3.63) is 89.5 Å². The van der Waals surface area contributed by atoms with Crippen molar-refractivity contribution in [3.63, 3.8) is 0 Å². The largest absolute Gasteiger partial charge is 0.323 e. The fourth-order valence-electron chi connectivity index (χ4n) is 3.87. The molecule has 0 bridgehead atoms. The highest BCUT2D eigenvalue weighted by Gasteiger charge is 2.30. The smallest absolute Gasteiger partial charge is 0.161 e. The Labute approximate surface area is 165 Å². The number of fused-ring (bicyclic) bond motifs is 1.